The molecular weight excluding hydrogens is 415 g/mol. The lowest BCUT2D eigenvalue weighted by atomic mass is 10.1. The van der Waals surface area contributed by atoms with Crippen LogP contribution in [0.15, 0.2) is 47.4 Å². The highest BCUT2D eigenvalue weighted by Gasteiger charge is 2.15. The summed E-state index contributed by atoms with van der Waals surface area (Å²) < 4.78 is 4.73. The fourth-order valence-corrected chi connectivity index (χ4v) is 2.91. The third-order valence-electron chi connectivity index (χ3n) is 3.98. The summed E-state index contributed by atoms with van der Waals surface area (Å²) in [6.45, 7) is 2.10. The van der Waals surface area contributed by atoms with E-state index < -0.39 is 0 Å². The molecule has 0 fully saturated rings. The summed E-state index contributed by atoms with van der Waals surface area (Å²) in [6, 6.07) is 9.22. The van der Waals surface area contributed by atoms with Gasteiger partial charge in [0.15, 0.2) is 5.82 Å². The monoisotopic (exact) mass is 432 g/mol. The van der Waals surface area contributed by atoms with Crippen LogP contribution < -0.4 is 16.8 Å². The van der Waals surface area contributed by atoms with Crippen molar-refractivity contribution in [3.05, 3.63) is 58.3 Å². The molecule has 4 aromatic rings. The second-order valence-electron chi connectivity index (χ2n) is 5.92. The number of hydrogen-bond acceptors (Lipinski definition) is 9. The van der Waals surface area contributed by atoms with Gasteiger partial charge in [-0.1, -0.05) is 29.3 Å². The molecule has 0 aliphatic rings. The van der Waals surface area contributed by atoms with Crippen LogP contribution in [0.1, 0.15) is 5.56 Å². The second-order valence-corrected chi connectivity index (χ2v) is 6.73. The molecule has 0 aliphatic carbocycles. The number of nitrogens with one attached hydrogen (secondary N) is 2. The molecule has 0 radical (unpaired) electrons. The smallest absolute Gasteiger partial charge is 0.245 e. The Morgan fingerprint density at radius 2 is 1.66 bits per heavy atom. The van der Waals surface area contributed by atoms with Gasteiger partial charge in [0.2, 0.25) is 11.3 Å². The van der Waals surface area contributed by atoms with Crippen molar-refractivity contribution in [2.75, 3.05) is 18.4 Å². The first-order chi connectivity index (χ1) is 13.7. The van der Waals surface area contributed by atoms with Crippen molar-refractivity contribution < 1.29 is 4.63 Å². The fourth-order valence-electron chi connectivity index (χ4n) is 2.61. The van der Waals surface area contributed by atoms with Crippen molar-refractivity contribution in [2.45, 2.75) is 6.54 Å². The molecule has 3 heterocycles. The molecule has 0 spiro atoms. The highest BCUT2D eigenvalue weighted by atomic mass is 35.5. The average Bonchev–Trinajstić information content (AvgIpc) is 3.17. The molecule has 0 saturated carbocycles. The lowest BCUT2D eigenvalue weighted by Gasteiger charge is -2.11. The van der Waals surface area contributed by atoms with Gasteiger partial charge in [0.05, 0.1) is 10.0 Å². The summed E-state index contributed by atoms with van der Waals surface area (Å²) in [6.07, 6.45) is 3.55. The molecule has 29 heavy (non-hydrogen) atoms. The van der Waals surface area contributed by atoms with Gasteiger partial charge in [-0.25, -0.2) is 14.6 Å². The summed E-state index contributed by atoms with van der Waals surface area (Å²) >= 11 is 12.2. The maximum absolute atomic E-state index is 6.16. The van der Waals surface area contributed by atoms with E-state index in [1.54, 1.807) is 24.5 Å². The first kappa shape index (κ1) is 20.9. The molecule has 0 amide bonds. The average molecular weight is 433 g/mol. The molecule has 0 aliphatic heterocycles. The zero-order valence-corrected chi connectivity index (χ0v) is 16.8. The quantitative estimate of drug-likeness (QED) is 0.372. The van der Waals surface area contributed by atoms with Gasteiger partial charge in [-0.05, 0) is 40.1 Å². The minimum atomic E-state index is 0. The van der Waals surface area contributed by atoms with Gasteiger partial charge in [0.1, 0.15) is 5.69 Å². The molecule has 5 N–H and O–H groups in total. The summed E-state index contributed by atoms with van der Waals surface area (Å²) in [5.74, 6) is 0.562. The zero-order chi connectivity index (χ0) is 19.3. The van der Waals surface area contributed by atoms with Crippen LogP contribution in [0.4, 0.5) is 5.82 Å². The first-order valence-electron chi connectivity index (χ1n) is 8.50. The molecule has 0 unspecified atom stereocenters. The largest absolute Gasteiger partial charge is 0.367 e. The summed E-state index contributed by atoms with van der Waals surface area (Å²) in [5, 5.41) is 15.1. The fraction of sp³-hybridized carbons (Fsp3) is 0.167. The van der Waals surface area contributed by atoms with Gasteiger partial charge in [-0.2, -0.15) is 0 Å². The number of benzene rings is 1. The van der Waals surface area contributed by atoms with Crippen LogP contribution in [0.5, 0.6) is 0 Å². The number of rotatable bonds is 7. The Balaban J connectivity index is 0.00000240. The Morgan fingerprint density at radius 1 is 0.897 bits per heavy atom. The van der Waals surface area contributed by atoms with Gasteiger partial charge in [-0.15, -0.1) is 0 Å². The van der Waals surface area contributed by atoms with E-state index in [1.165, 1.54) is 5.56 Å². The number of pyridine rings is 1. The van der Waals surface area contributed by atoms with E-state index in [0.717, 1.165) is 18.7 Å². The van der Waals surface area contributed by atoms with Gasteiger partial charge < -0.3 is 16.8 Å². The Hall–Kier alpha value is -2.85. The molecule has 4 rings (SSSR count). The Labute approximate surface area is 176 Å². The standard InChI is InChI=1S/C18H15Cl2N7O.H3N/c19-13-2-1-12(9-14(13)20)15-16(25-18-17(24-15)26-28-27-18)23-8-7-22-10-11-3-5-21-6-4-11;/h1-6,9,22H,7-8,10H2,(H,23,25,27);1H3. The SMILES string of the molecule is Clc1ccc(-c2nc3nonc3nc2NCCNCc2ccncc2)cc1Cl.N. The number of anilines is 1. The molecule has 0 atom stereocenters. The molecular formula is C18H18Cl2N8O. The van der Waals surface area contributed by atoms with E-state index >= 15 is 0 Å². The summed E-state index contributed by atoms with van der Waals surface area (Å²) in [5.41, 5.74) is 3.18. The third kappa shape index (κ3) is 4.96. The van der Waals surface area contributed by atoms with Crippen LogP contribution in [0.3, 0.4) is 0 Å². The van der Waals surface area contributed by atoms with Crippen molar-refractivity contribution in [1.82, 2.24) is 36.7 Å². The summed E-state index contributed by atoms with van der Waals surface area (Å²) in [4.78, 5) is 13.0. The Bertz CT molecular complexity index is 1090. The third-order valence-corrected chi connectivity index (χ3v) is 4.72. The Kier molecular flexibility index (Phi) is 6.89. The zero-order valence-electron chi connectivity index (χ0n) is 15.3. The van der Waals surface area contributed by atoms with Gasteiger partial charge >= 0.3 is 0 Å². The van der Waals surface area contributed by atoms with E-state index in [-0.39, 0.29) is 6.15 Å². The van der Waals surface area contributed by atoms with Crippen molar-refractivity contribution in [3.63, 3.8) is 0 Å². The van der Waals surface area contributed by atoms with Crippen LogP contribution in [-0.2, 0) is 6.54 Å². The topological polar surface area (TPSA) is 137 Å². The van der Waals surface area contributed by atoms with Crippen LogP contribution in [0, 0.1) is 0 Å². The Morgan fingerprint density at radius 3 is 2.41 bits per heavy atom. The first-order valence-corrected chi connectivity index (χ1v) is 9.25. The molecule has 11 heteroatoms. The van der Waals surface area contributed by atoms with Gasteiger partial charge in [0.25, 0.3) is 0 Å². The molecule has 0 bridgehead atoms. The minimum Gasteiger partial charge on any atom is -0.367 e. The number of aromatic nitrogens is 5. The van der Waals surface area contributed by atoms with Crippen molar-refractivity contribution in [3.8, 4) is 11.3 Å². The normalized spacial score (nSPS) is 10.7. The van der Waals surface area contributed by atoms with E-state index in [9.17, 15) is 0 Å². The second kappa shape index (κ2) is 9.57. The summed E-state index contributed by atoms with van der Waals surface area (Å²) in [7, 11) is 0. The number of halogens is 2. The maximum atomic E-state index is 6.16. The predicted molar refractivity (Wildman–Crippen MR) is 112 cm³/mol. The van der Waals surface area contributed by atoms with Crippen molar-refractivity contribution >= 4 is 40.3 Å². The molecule has 3 aromatic heterocycles. The van der Waals surface area contributed by atoms with Crippen molar-refractivity contribution in [2.24, 2.45) is 0 Å². The minimum absolute atomic E-state index is 0. The molecule has 150 valence electrons. The highest BCUT2D eigenvalue weighted by molar-refractivity contribution is 6.42. The predicted octanol–water partition coefficient (Wildman–Crippen LogP) is 3.75. The van der Waals surface area contributed by atoms with E-state index in [1.807, 2.05) is 18.2 Å². The van der Waals surface area contributed by atoms with Crippen LogP contribution in [0.2, 0.25) is 10.0 Å². The lowest BCUT2D eigenvalue weighted by molar-refractivity contribution is 0.314. The van der Waals surface area contributed by atoms with Crippen LogP contribution >= 0.6 is 23.2 Å². The van der Waals surface area contributed by atoms with Crippen molar-refractivity contribution in [1.29, 1.82) is 0 Å². The number of fused-ring (bicyclic) bond motifs is 1. The van der Waals surface area contributed by atoms with Gasteiger partial charge in [0, 0.05) is 37.6 Å². The van der Waals surface area contributed by atoms with E-state index in [4.69, 9.17) is 27.8 Å². The highest BCUT2D eigenvalue weighted by Crippen LogP contribution is 2.31. The van der Waals surface area contributed by atoms with Crippen LogP contribution in [0.25, 0.3) is 22.6 Å². The number of hydrogen-bond donors (Lipinski definition) is 3. The molecule has 9 nitrogen and oxygen atoms in total. The molecule has 1 aromatic carbocycles. The van der Waals surface area contributed by atoms with E-state index in [0.29, 0.717) is 39.4 Å². The van der Waals surface area contributed by atoms with Gasteiger partial charge in [-0.3, -0.25) is 4.98 Å². The number of nitrogens with zero attached hydrogens (tertiary/aromatic N) is 5. The maximum Gasteiger partial charge on any atom is 0.245 e. The molecule has 0 saturated heterocycles. The van der Waals surface area contributed by atoms with Crippen LogP contribution in [-0.4, -0.2) is 38.4 Å². The van der Waals surface area contributed by atoms with E-state index in [2.05, 4.69) is 35.9 Å². The lowest BCUT2D eigenvalue weighted by Crippen LogP contribution is -2.22.